The van der Waals surface area contributed by atoms with Crippen LogP contribution in [0, 0.1) is 6.92 Å². The molecule has 1 aromatic carbocycles. The van der Waals surface area contributed by atoms with E-state index in [0.717, 1.165) is 0 Å². The third-order valence-corrected chi connectivity index (χ3v) is 2.62. The fourth-order valence-electron chi connectivity index (χ4n) is 1.66. The van der Waals surface area contributed by atoms with Gasteiger partial charge in [0.15, 0.2) is 0 Å². The Morgan fingerprint density at radius 2 is 1.95 bits per heavy atom. The summed E-state index contributed by atoms with van der Waals surface area (Å²) in [5.41, 5.74) is 0.579. The van der Waals surface area contributed by atoms with Crippen LogP contribution in [0.15, 0.2) is 18.2 Å². The van der Waals surface area contributed by atoms with Crippen molar-refractivity contribution in [3.63, 3.8) is 0 Å². The van der Waals surface area contributed by atoms with Gasteiger partial charge in [0.1, 0.15) is 12.3 Å². The summed E-state index contributed by atoms with van der Waals surface area (Å²) in [6, 6.07) is 3.64. The number of carbonyl (C=O) groups excluding carboxylic acids is 1. The molecule has 0 spiro atoms. The first kappa shape index (κ1) is 15.3. The van der Waals surface area contributed by atoms with Crippen LogP contribution < -0.4 is 0 Å². The fraction of sp³-hybridized carbons (Fsp3) is 0.462. The molecule has 0 atom stereocenters. The second-order valence-corrected chi connectivity index (χ2v) is 4.66. The van der Waals surface area contributed by atoms with Gasteiger partial charge < -0.3 is 10.0 Å². The van der Waals surface area contributed by atoms with Gasteiger partial charge in [-0.15, -0.1) is 0 Å². The van der Waals surface area contributed by atoms with Crippen LogP contribution >= 0.6 is 0 Å². The zero-order valence-electron chi connectivity index (χ0n) is 11.0. The second-order valence-electron chi connectivity index (χ2n) is 4.66. The first-order valence-electron chi connectivity index (χ1n) is 5.79. The highest BCUT2D eigenvalue weighted by molar-refractivity contribution is 5.97. The summed E-state index contributed by atoms with van der Waals surface area (Å²) < 4.78 is 37.4. The maximum Gasteiger partial charge on any atom is 0.406 e. The number of phenols is 1. The third kappa shape index (κ3) is 4.15. The summed E-state index contributed by atoms with van der Waals surface area (Å²) in [4.78, 5) is 12.8. The molecular weight excluding hydrogens is 259 g/mol. The van der Waals surface area contributed by atoms with E-state index in [1.165, 1.54) is 26.0 Å². The van der Waals surface area contributed by atoms with Gasteiger partial charge in [-0.1, -0.05) is 11.6 Å². The topological polar surface area (TPSA) is 40.5 Å². The lowest BCUT2D eigenvalue weighted by Gasteiger charge is -2.28. The molecule has 0 aliphatic heterocycles. The van der Waals surface area contributed by atoms with Crippen molar-refractivity contribution in [2.45, 2.75) is 33.0 Å². The number of alkyl halides is 3. The molecule has 0 aromatic heterocycles. The molecule has 19 heavy (non-hydrogen) atoms. The number of halogens is 3. The minimum absolute atomic E-state index is 0.113. The first-order valence-corrected chi connectivity index (χ1v) is 5.79. The van der Waals surface area contributed by atoms with E-state index >= 15 is 0 Å². The molecule has 106 valence electrons. The van der Waals surface area contributed by atoms with Crippen LogP contribution in [0.5, 0.6) is 5.75 Å². The smallest absolute Gasteiger partial charge is 0.406 e. The van der Waals surface area contributed by atoms with Gasteiger partial charge in [-0.3, -0.25) is 4.79 Å². The number of aromatic hydroxyl groups is 1. The highest BCUT2D eigenvalue weighted by atomic mass is 19.4. The van der Waals surface area contributed by atoms with Crippen molar-refractivity contribution < 1.29 is 23.1 Å². The summed E-state index contributed by atoms with van der Waals surface area (Å²) in [5, 5.41) is 9.61. The van der Waals surface area contributed by atoms with Crippen LogP contribution in [0.2, 0.25) is 0 Å². The van der Waals surface area contributed by atoms with E-state index in [2.05, 4.69) is 0 Å². The molecule has 0 aliphatic rings. The number of phenolic OH excluding ortho intramolecular Hbond substituents is 1. The van der Waals surface area contributed by atoms with Crippen LogP contribution in [0.25, 0.3) is 0 Å². The highest BCUT2D eigenvalue weighted by Crippen LogP contribution is 2.24. The number of carbonyl (C=O) groups is 1. The molecule has 1 amide bonds. The predicted molar refractivity (Wildman–Crippen MR) is 65.1 cm³/mol. The van der Waals surface area contributed by atoms with Crippen LogP contribution in [-0.4, -0.2) is 34.7 Å². The Morgan fingerprint density at radius 3 is 2.42 bits per heavy atom. The van der Waals surface area contributed by atoms with Crippen LogP contribution in [0.1, 0.15) is 29.8 Å². The highest BCUT2D eigenvalue weighted by Gasteiger charge is 2.35. The Labute approximate surface area is 109 Å². The van der Waals surface area contributed by atoms with Gasteiger partial charge in [0.2, 0.25) is 0 Å². The number of nitrogens with zero attached hydrogens (tertiary/aromatic N) is 1. The monoisotopic (exact) mass is 275 g/mol. The van der Waals surface area contributed by atoms with Gasteiger partial charge in [-0.05, 0) is 32.9 Å². The van der Waals surface area contributed by atoms with Crippen molar-refractivity contribution in [1.82, 2.24) is 4.90 Å². The van der Waals surface area contributed by atoms with E-state index < -0.39 is 24.7 Å². The first-order chi connectivity index (χ1) is 8.61. The molecular formula is C13H16F3NO2. The zero-order chi connectivity index (χ0) is 14.8. The number of rotatable bonds is 3. The van der Waals surface area contributed by atoms with Crippen molar-refractivity contribution in [2.24, 2.45) is 0 Å². The summed E-state index contributed by atoms with van der Waals surface area (Å²) in [7, 11) is 0. The van der Waals surface area contributed by atoms with E-state index in [0.29, 0.717) is 10.5 Å². The number of benzene rings is 1. The van der Waals surface area contributed by atoms with Crippen molar-refractivity contribution in [1.29, 1.82) is 0 Å². The molecule has 6 heteroatoms. The predicted octanol–water partition coefficient (Wildman–Crippen LogP) is 3.11. The minimum Gasteiger partial charge on any atom is -0.507 e. The van der Waals surface area contributed by atoms with Crippen molar-refractivity contribution in [3.05, 3.63) is 29.3 Å². The van der Waals surface area contributed by atoms with Gasteiger partial charge in [0.25, 0.3) is 5.91 Å². The maximum atomic E-state index is 12.5. The molecule has 0 unspecified atom stereocenters. The lowest BCUT2D eigenvalue weighted by molar-refractivity contribution is -0.143. The fourth-order valence-corrected chi connectivity index (χ4v) is 1.66. The molecule has 3 nitrogen and oxygen atoms in total. The van der Waals surface area contributed by atoms with E-state index in [1.807, 2.05) is 0 Å². The average Bonchev–Trinajstić information content (AvgIpc) is 2.27. The summed E-state index contributed by atoms with van der Waals surface area (Å²) in [6.45, 7) is 3.35. The lowest BCUT2D eigenvalue weighted by Crippen LogP contribution is -2.43. The SMILES string of the molecule is Cc1ccc(O)c(C(=O)N(CC(F)(F)F)C(C)C)c1. The molecule has 0 fully saturated rings. The summed E-state index contributed by atoms with van der Waals surface area (Å²) in [5.74, 6) is -1.14. The van der Waals surface area contributed by atoms with Gasteiger partial charge in [0, 0.05) is 6.04 Å². The van der Waals surface area contributed by atoms with E-state index in [4.69, 9.17) is 0 Å². The number of aryl methyl sites for hydroxylation is 1. The molecule has 1 N–H and O–H groups in total. The molecule has 1 rings (SSSR count). The molecule has 0 aliphatic carbocycles. The second kappa shape index (κ2) is 5.50. The number of hydrogen-bond acceptors (Lipinski definition) is 2. The van der Waals surface area contributed by atoms with Gasteiger partial charge in [-0.2, -0.15) is 13.2 Å². The quantitative estimate of drug-likeness (QED) is 0.920. The molecule has 0 radical (unpaired) electrons. The Bertz CT molecular complexity index is 469. The molecule has 0 heterocycles. The number of amides is 1. The molecule has 0 saturated carbocycles. The Morgan fingerprint density at radius 1 is 1.37 bits per heavy atom. The maximum absolute atomic E-state index is 12.5. The van der Waals surface area contributed by atoms with E-state index in [9.17, 15) is 23.1 Å². The summed E-state index contributed by atoms with van der Waals surface area (Å²) in [6.07, 6.45) is -4.47. The van der Waals surface area contributed by atoms with Crippen molar-refractivity contribution in [2.75, 3.05) is 6.54 Å². The minimum atomic E-state index is -4.47. The largest absolute Gasteiger partial charge is 0.507 e. The van der Waals surface area contributed by atoms with Gasteiger partial charge in [0.05, 0.1) is 5.56 Å². The van der Waals surface area contributed by atoms with Gasteiger partial charge >= 0.3 is 6.18 Å². The van der Waals surface area contributed by atoms with E-state index in [-0.39, 0.29) is 11.3 Å². The summed E-state index contributed by atoms with van der Waals surface area (Å²) >= 11 is 0. The standard InChI is InChI=1S/C13H16F3NO2/c1-8(2)17(7-13(14,15)16)12(19)10-6-9(3)4-5-11(10)18/h4-6,8,18H,7H2,1-3H3. The van der Waals surface area contributed by atoms with Crippen molar-refractivity contribution >= 4 is 5.91 Å². The van der Waals surface area contributed by atoms with Crippen LogP contribution in [0.3, 0.4) is 0 Å². The molecule has 0 saturated heterocycles. The number of hydrogen-bond donors (Lipinski definition) is 1. The average molecular weight is 275 g/mol. The van der Waals surface area contributed by atoms with Crippen LogP contribution in [-0.2, 0) is 0 Å². The Kier molecular flexibility index (Phi) is 4.44. The third-order valence-electron chi connectivity index (χ3n) is 2.62. The Balaban J connectivity index is 3.09. The lowest BCUT2D eigenvalue weighted by atomic mass is 10.1. The molecule has 0 bridgehead atoms. The Hall–Kier alpha value is -1.72. The normalized spacial score (nSPS) is 11.7. The van der Waals surface area contributed by atoms with Crippen molar-refractivity contribution in [3.8, 4) is 5.75 Å². The van der Waals surface area contributed by atoms with E-state index in [1.54, 1.807) is 13.0 Å². The van der Waals surface area contributed by atoms with Crippen LogP contribution in [0.4, 0.5) is 13.2 Å². The van der Waals surface area contributed by atoms with Gasteiger partial charge in [-0.25, -0.2) is 0 Å². The molecule has 1 aromatic rings. The zero-order valence-corrected chi connectivity index (χ0v) is 11.0.